The van der Waals surface area contributed by atoms with Crippen LogP contribution >= 0.6 is 0 Å². The molecule has 102 valence electrons. The topological polar surface area (TPSA) is 82.3 Å². The molecule has 3 aromatic rings. The van der Waals surface area contributed by atoms with Gasteiger partial charge in [0.2, 0.25) is 0 Å². The number of aromatic amines is 2. The fraction of sp³-hybridized carbons (Fsp3) is 0.214. The van der Waals surface area contributed by atoms with Gasteiger partial charge in [-0.25, -0.2) is 4.98 Å². The molecule has 1 unspecified atom stereocenters. The quantitative estimate of drug-likeness (QED) is 0.661. The van der Waals surface area contributed by atoms with E-state index in [0.29, 0.717) is 6.54 Å². The van der Waals surface area contributed by atoms with Crippen molar-refractivity contribution in [2.75, 3.05) is 0 Å². The van der Waals surface area contributed by atoms with Crippen LogP contribution in [0.3, 0.4) is 0 Å². The summed E-state index contributed by atoms with van der Waals surface area (Å²) in [4.78, 5) is 4.14. The van der Waals surface area contributed by atoms with Gasteiger partial charge in [-0.2, -0.15) is 10.2 Å². The van der Waals surface area contributed by atoms with E-state index in [0.717, 1.165) is 22.6 Å². The average molecular weight is 268 g/mol. The fourth-order valence-corrected chi connectivity index (χ4v) is 2.08. The zero-order chi connectivity index (χ0) is 13.8. The van der Waals surface area contributed by atoms with Crippen LogP contribution in [0.4, 0.5) is 0 Å². The molecule has 0 aliphatic carbocycles. The van der Waals surface area contributed by atoms with Crippen molar-refractivity contribution in [3.05, 3.63) is 54.2 Å². The highest BCUT2D eigenvalue weighted by Gasteiger charge is 2.11. The van der Waals surface area contributed by atoms with Crippen molar-refractivity contribution in [1.82, 2.24) is 30.7 Å². The molecule has 0 amide bonds. The third-order valence-corrected chi connectivity index (χ3v) is 3.22. The highest BCUT2D eigenvalue weighted by atomic mass is 15.2. The SMILES string of the molecule is CC(NCc1cn[nH]c1-c1ccccc1)c1ncn[nH]1. The Morgan fingerprint density at radius 1 is 1.15 bits per heavy atom. The fourth-order valence-electron chi connectivity index (χ4n) is 2.08. The number of hydrogen-bond donors (Lipinski definition) is 3. The Bertz CT molecular complexity index is 643. The summed E-state index contributed by atoms with van der Waals surface area (Å²) in [6.45, 7) is 2.76. The molecule has 0 aliphatic heterocycles. The van der Waals surface area contributed by atoms with Crippen LogP contribution in [0, 0.1) is 0 Å². The summed E-state index contributed by atoms with van der Waals surface area (Å²) < 4.78 is 0. The van der Waals surface area contributed by atoms with Gasteiger partial charge < -0.3 is 5.32 Å². The average Bonchev–Trinajstić information content (AvgIpc) is 3.17. The molecule has 1 aromatic carbocycles. The smallest absolute Gasteiger partial charge is 0.141 e. The van der Waals surface area contributed by atoms with Gasteiger partial charge in [-0.05, 0) is 12.5 Å². The predicted octanol–water partition coefficient (Wildman–Crippen LogP) is 2.05. The summed E-state index contributed by atoms with van der Waals surface area (Å²) in [6, 6.07) is 10.3. The van der Waals surface area contributed by atoms with E-state index in [-0.39, 0.29) is 6.04 Å². The number of rotatable bonds is 5. The molecule has 0 bridgehead atoms. The molecule has 6 nitrogen and oxygen atoms in total. The molecule has 0 fully saturated rings. The standard InChI is InChI=1S/C14H16N6/c1-10(14-16-9-18-20-14)15-7-12-8-17-19-13(12)11-5-3-2-4-6-11/h2-6,8-10,15H,7H2,1H3,(H,17,19)(H,16,18,20). The molecule has 0 radical (unpaired) electrons. The lowest BCUT2D eigenvalue weighted by atomic mass is 10.1. The second kappa shape index (κ2) is 5.66. The van der Waals surface area contributed by atoms with Crippen molar-refractivity contribution < 1.29 is 0 Å². The van der Waals surface area contributed by atoms with Crippen molar-refractivity contribution in [2.45, 2.75) is 19.5 Å². The number of H-pyrrole nitrogens is 2. The summed E-state index contributed by atoms with van der Waals surface area (Å²) in [5, 5.41) is 17.3. The Hall–Kier alpha value is -2.47. The molecule has 0 saturated heterocycles. The van der Waals surface area contributed by atoms with Crippen molar-refractivity contribution in [3.8, 4) is 11.3 Å². The van der Waals surface area contributed by atoms with Gasteiger partial charge in [-0.3, -0.25) is 10.2 Å². The van der Waals surface area contributed by atoms with E-state index < -0.39 is 0 Å². The summed E-state index contributed by atoms with van der Waals surface area (Å²) in [7, 11) is 0. The Kier molecular flexibility index (Phi) is 3.56. The van der Waals surface area contributed by atoms with Crippen LogP contribution in [0.5, 0.6) is 0 Å². The van der Waals surface area contributed by atoms with Gasteiger partial charge in [-0.1, -0.05) is 30.3 Å². The van der Waals surface area contributed by atoms with E-state index in [1.807, 2.05) is 31.3 Å². The Morgan fingerprint density at radius 2 is 2.00 bits per heavy atom. The van der Waals surface area contributed by atoms with Crippen LogP contribution in [0.2, 0.25) is 0 Å². The second-order valence-electron chi connectivity index (χ2n) is 4.61. The Morgan fingerprint density at radius 3 is 2.75 bits per heavy atom. The van der Waals surface area contributed by atoms with Crippen LogP contribution < -0.4 is 5.32 Å². The maximum atomic E-state index is 4.14. The van der Waals surface area contributed by atoms with Crippen LogP contribution in [-0.2, 0) is 6.54 Å². The van der Waals surface area contributed by atoms with E-state index in [4.69, 9.17) is 0 Å². The molecule has 0 spiro atoms. The molecular weight excluding hydrogens is 252 g/mol. The van der Waals surface area contributed by atoms with Gasteiger partial charge in [0.15, 0.2) is 0 Å². The van der Waals surface area contributed by atoms with Gasteiger partial charge in [0.05, 0.1) is 17.9 Å². The molecule has 0 aliphatic rings. The van der Waals surface area contributed by atoms with Crippen molar-refractivity contribution in [3.63, 3.8) is 0 Å². The zero-order valence-corrected chi connectivity index (χ0v) is 11.2. The predicted molar refractivity (Wildman–Crippen MR) is 75.7 cm³/mol. The zero-order valence-electron chi connectivity index (χ0n) is 11.2. The molecule has 2 heterocycles. The van der Waals surface area contributed by atoms with Crippen LogP contribution in [0.25, 0.3) is 11.3 Å². The maximum Gasteiger partial charge on any atom is 0.141 e. The molecular formula is C14H16N6. The van der Waals surface area contributed by atoms with E-state index in [1.54, 1.807) is 0 Å². The molecule has 0 saturated carbocycles. The Balaban J connectivity index is 1.72. The van der Waals surface area contributed by atoms with Gasteiger partial charge in [0.1, 0.15) is 12.2 Å². The minimum Gasteiger partial charge on any atom is -0.303 e. The first kappa shape index (κ1) is 12.6. The minimum absolute atomic E-state index is 0.107. The van der Waals surface area contributed by atoms with E-state index >= 15 is 0 Å². The summed E-state index contributed by atoms with van der Waals surface area (Å²) in [5.74, 6) is 0.828. The highest BCUT2D eigenvalue weighted by molar-refractivity contribution is 5.62. The summed E-state index contributed by atoms with van der Waals surface area (Å²) in [6.07, 6.45) is 3.36. The van der Waals surface area contributed by atoms with Crippen LogP contribution in [-0.4, -0.2) is 25.4 Å². The van der Waals surface area contributed by atoms with E-state index in [1.165, 1.54) is 6.33 Å². The lowest BCUT2D eigenvalue weighted by molar-refractivity contribution is 0.548. The van der Waals surface area contributed by atoms with Gasteiger partial charge in [-0.15, -0.1) is 0 Å². The van der Waals surface area contributed by atoms with E-state index in [9.17, 15) is 0 Å². The number of benzene rings is 1. The second-order valence-corrected chi connectivity index (χ2v) is 4.61. The molecule has 20 heavy (non-hydrogen) atoms. The molecule has 3 rings (SSSR count). The van der Waals surface area contributed by atoms with E-state index in [2.05, 4.69) is 42.8 Å². The van der Waals surface area contributed by atoms with Gasteiger partial charge in [0.25, 0.3) is 0 Å². The minimum atomic E-state index is 0.107. The summed E-state index contributed by atoms with van der Waals surface area (Å²) in [5.41, 5.74) is 3.31. The molecule has 1 atom stereocenters. The van der Waals surface area contributed by atoms with Crippen molar-refractivity contribution >= 4 is 0 Å². The highest BCUT2D eigenvalue weighted by Crippen LogP contribution is 2.21. The van der Waals surface area contributed by atoms with Gasteiger partial charge >= 0.3 is 0 Å². The normalized spacial score (nSPS) is 12.4. The third-order valence-electron chi connectivity index (χ3n) is 3.22. The largest absolute Gasteiger partial charge is 0.303 e. The van der Waals surface area contributed by atoms with Crippen molar-refractivity contribution in [2.24, 2.45) is 0 Å². The summed E-state index contributed by atoms with van der Waals surface area (Å²) >= 11 is 0. The number of nitrogens with one attached hydrogen (secondary N) is 3. The first-order chi connectivity index (χ1) is 9.84. The number of aromatic nitrogens is 5. The molecule has 2 aromatic heterocycles. The maximum absolute atomic E-state index is 4.14. The molecule has 3 N–H and O–H groups in total. The Labute approximate surface area is 116 Å². The monoisotopic (exact) mass is 268 g/mol. The first-order valence-electron chi connectivity index (χ1n) is 6.51. The van der Waals surface area contributed by atoms with Gasteiger partial charge in [0, 0.05) is 12.1 Å². The lowest BCUT2D eigenvalue weighted by Crippen LogP contribution is -2.19. The number of nitrogens with zero attached hydrogens (tertiary/aromatic N) is 3. The molecule has 6 heteroatoms. The lowest BCUT2D eigenvalue weighted by Gasteiger charge is -2.11. The van der Waals surface area contributed by atoms with Crippen molar-refractivity contribution in [1.29, 1.82) is 0 Å². The van der Waals surface area contributed by atoms with Crippen LogP contribution in [0.1, 0.15) is 24.4 Å². The first-order valence-corrected chi connectivity index (χ1v) is 6.51. The third kappa shape index (κ3) is 2.60. The number of hydrogen-bond acceptors (Lipinski definition) is 4. The van der Waals surface area contributed by atoms with Crippen LogP contribution in [0.15, 0.2) is 42.9 Å².